The molecule has 8 heteroatoms. The molecule has 0 saturated heterocycles. The van der Waals surface area contributed by atoms with Crippen molar-refractivity contribution in [2.45, 2.75) is 26.4 Å². The summed E-state index contributed by atoms with van der Waals surface area (Å²) in [7, 11) is 0. The Balaban J connectivity index is 2.21. The van der Waals surface area contributed by atoms with Gasteiger partial charge in [-0.25, -0.2) is 0 Å². The number of nitro groups is 1. The average molecular weight is 353 g/mol. The monoisotopic (exact) mass is 352 g/mol. The molecule has 128 valence electrons. The van der Waals surface area contributed by atoms with Gasteiger partial charge >= 0.3 is 5.97 Å². The molecule has 0 saturated carbocycles. The summed E-state index contributed by atoms with van der Waals surface area (Å²) in [5, 5.41) is 19.9. The largest absolute Gasteiger partial charge is 0.480 e. The minimum atomic E-state index is -0.908. The third-order valence-corrected chi connectivity index (χ3v) is 3.83. The Kier molecular flexibility index (Phi) is 5.58. The lowest BCUT2D eigenvalue weighted by molar-refractivity contribution is -0.384. The number of carboxylic acids is 1. The van der Waals surface area contributed by atoms with Crippen molar-refractivity contribution in [1.82, 2.24) is 4.90 Å². The molecule has 2 rings (SSSR count). The molecule has 24 heavy (non-hydrogen) atoms. The number of benzene rings is 1. The number of nitrogens with zero attached hydrogens (tertiary/aromatic N) is 2. The lowest BCUT2D eigenvalue weighted by Crippen LogP contribution is -2.34. The fourth-order valence-corrected chi connectivity index (χ4v) is 2.49. The third-order valence-electron chi connectivity index (χ3n) is 3.52. The zero-order chi connectivity index (χ0) is 17.9. The van der Waals surface area contributed by atoms with Crippen molar-refractivity contribution in [3.63, 3.8) is 0 Å². The lowest BCUT2D eigenvalue weighted by atomic mass is 10.1. The Morgan fingerprint density at radius 2 is 2.08 bits per heavy atom. The van der Waals surface area contributed by atoms with E-state index in [0.717, 1.165) is 0 Å². The molecule has 0 aliphatic carbocycles. The van der Waals surface area contributed by atoms with E-state index in [1.165, 1.54) is 18.2 Å². The quantitative estimate of drug-likeness (QED) is 0.601. The van der Waals surface area contributed by atoms with Crippen LogP contribution >= 0.6 is 11.6 Å². The van der Waals surface area contributed by atoms with E-state index in [2.05, 4.69) is 0 Å². The molecule has 1 N–H and O–H groups in total. The zero-order valence-electron chi connectivity index (χ0n) is 13.2. The first-order valence-corrected chi connectivity index (χ1v) is 7.64. The number of hydrogen-bond donors (Lipinski definition) is 1. The van der Waals surface area contributed by atoms with Crippen LogP contribution in [0.3, 0.4) is 0 Å². The van der Waals surface area contributed by atoms with Crippen LogP contribution in [0.5, 0.6) is 0 Å². The van der Waals surface area contributed by atoms with E-state index in [4.69, 9.17) is 21.1 Å². The topological polar surface area (TPSA) is 96.8 Å². The summed E-state index contributed by atoms with van der Waals surface area (Å²) in [5.74, 6) is 0.159. The molecule has 0 bridgehead atoms. The van der Waals surface area contributed by atoms with Crippen molar-refractivity contribution < 1.29 is 19.2 Å². The first kappa shape index (κ1) is 18.0. The minimum Gasteiger partial charge on any atom is -0.480 e. The van der Waals surface area contributed by atoms with E-state index in [1.54, 1.807) is 17.0 Å². The molecule has 0 atom stereocenters. The summed E-state index contributed by atoms with van der Waals surface area (Å²) in [6.45, 7) is 4.06. The summed E-state index contributed by atoms with van der Waals surface area (Å²) in [6, 6.07) is 7.64. The van der Waals surface area contributed by atoms with Gasteiger partial charge < -0.3 is 9.52 Å². The second-order valence-electron chi connectivity index (χ2n) is 5.58. The van der Waals surface area contributed by atoms with E-state index in [0.29, 0.717) is 23.6 Å². The van der Waals surface area contributed by atoms with Crippen LogP contribution in [0, 0.1) is 10.1 Å². The molecular formula is C16H17ClN2O5. The Morgan fingerprint density at radius 1 is 1.38 bits per heavy atom. The second-order valence-corrected chi connectivity index (χ2v) is 5.99. The number of carbonyl (C=O) groups is 1. The van der Waals surface area contributed by atoms with Gasteiger partial charge in [0, 0.05) is 23.7 Å². The highest BCUT2D eigenvalue weighted by molar-refractivity contribution is 6.33. The smallest absolute Gasteiger partial charge is 0.317 e. The molecule has 0 aliphatic rings. The van der Waals surface area contributed by atoms with E-state index >= 15 is 0 Å². The first-order chi connectivity index (χ1) is 11.3. The van der Waals surface area contributed by atoms with Crippen molar-refractivity contribution in [3.05, 3.63) is 51.2 Å². The van der Waals surface area contributed by atoms with Crippen molar-refractivity contribution in [2.75, 3.05) is 6.54 Å². The maximum Gasteiger partial charge on any atom is 0.317 e. The highest BCUT2D eigenvalue weighted by atomic mass is 35.5. The second kappa shape index (κ2) is 7.46. The van der Waals surface area contributed by atoms with Crippen LogP contribution in [0.15, 0.2) is 34.7 Å². The highest BCUT2D eigenvalue weighted by Gasteiger charge is 2.17. The minimum absolute atomic E-state index is 0.0395. The maximum atomic E-state index is 10.9. The summed E-state index contributed by atoms with van der Waals surface area (Å²) in [5.41, 5.74) is 0.450. The number of hydrogen-bond acceptors (Lipinski definition) is 5. The zero-order valence-corrected chi connectivity index (χ0v) is 14.0. The summed E-state index contributed by atoms with van der Waals surface area (Å²) in [6.07, 6.45) is 0. The van der Waals surface area contributed by atoms with Gasteiger partial charge in [-0.05, 0) is 32.0 Å². The molecule has 7 nitrogen and oxygen atoms in total. The highest BCUT2D eigenvalue weighted by Crippen LogP contribution is 2.32. The number of rotatable bonds is 7. The fourth-order valence-electron chi connectivity index (χ4n) is 2.22. The van der Waals surface area contributed by atoms with Crippen LogP contribution in [0.1, 0.15) is 19.6 Å². The van der Waals surface area contributed by atoms with Gasteiger partial charge in [-0.15, -0.1) is 0 Å². The Hall–Kier alpha value is -2.38. The van der Waals surface area contributed by atoms with Crippen LogP contribution in [0.4, 0.5) is 5.69 Å². The Bertz CT molecular complexity index is 757. The van der Waals surface area contributed by atoms with Crippen molar-refractivity contribution in [1.29, 1.82) is 0 Å². The molecule has 2 aromatic rings. The van der Waals surface area contributed by atoms with Gasteiger partial charge in [0.1, 0.15) is 11.5 Å². The van der Waals surface area contributed by atoms with Crippen LogP contribution in [-0.4, -0.2) is 33.5 Å². The molecule has 1 heterocycles. The molecule has 0 spiro atoms. The van der Waals surface area contributed by atoms with E-state index in [1.807, 2.05) is 13.8 Å². The van der Waals surface area contributed by atoms with Gasteiger partial charge in [0.2, 0.25) is 0 Å². The SMILES string of the molecule is CC(C)N(CC(=O)O)Cc1ccc(-c2ccc([N+](=O)[O-])cc2Cl)o1. The number of carboxylic acid groups (broad SMARTS) is 1. The first-order valence-electron chi connectivity index (χ1n) is 7.26. The molecular weight excluding hydrogens is 336 g/mol. The summed E-state index contributed by atoms with van der Waals surface area (Å²) in [4.78, 5) is 22.9. The van der Waals surface area contributed by atoms with Crippen LogP contribution in [-0.2, 0) is 11.3 Å². The predicted octanol–water partition coefficient (Wildman–Crippen LogP) is 3.80. The van der Waals surface area contributed by atoms with Crippen molar-refractivity contribution >= 4 is 23.3 Å². The van der Waals surface area contributed by atoms with Crippen LogP contribution in [0.2, 0.25) is 5.02 Å². The van der Waals surface area contributed by atoms with Gasteiger partial charge in [-0.2, -0.15) is 0 Å². The number of non-ortho nitro benzene ring substituents is 1. The van der Waals surface area contributed by atoms with Gasteiger partial charge in [0.15, 0.2) is 0 Å². The standard InChI is InChI=1S/C16H17ClN2O5/c1-10(2)18(9-16(20)21)8-12-4-6-15(24-12)13-5-3-11(19(22)23)7-14(13)17/h3-7,10H,8-9H2,1-2H3,(H,20,21). The molecule has 0 fully saturated rings. The fraction of sp³-hybridized carbons (Fsp3) is 0.312. The number of furan rings is 1. The Morgan fingerprint density at radius 3 is 2.62 bits per heavy atom. The number of halogens is 1. The molecule has 0 aliphatic heterocycles. The molecule has 0 unspecified atom stereocenters. The van der Waals surface area contributed by atoms with Gasteiger partial charge in [-0.1, -0.05) is 11.6 Å². The van der Waals surface area contributed by atoms with Gasteiger partial charge in [0.25, 0.3) is 5.69 Å². The van der Waals surface area contributed by atoms with E-state index in [-0.39, 0.29) is 23.3 Å². The third kappa shape index (κ3) is 4.33. The molecule has 0 amide bonds. The van der Waals surface area contributed by atoms with Gasteiger partial charge in [0.05, 0.1) is 23.0 Å². The average Bonchev–Trinajstić information content (AvgIpc) is 2.94. The molecule has 0 radical (unpaired) electrons. The predicted molar refractivity (Wildman–Crippen MR) is 89.0 cm³/mol. The summed E-state index contributed by atoms with van der Waals surface area (Å²) >= 11 is 6.09. The van der Waals surface area contributed by atoms with E-state index in [9.17, 15) is 14.9 Å². The van der Waals surface area contributed by atoms with Crippen LogP contribution in [0.25, 0.3) is 11.3 Å². The number of nitro benzene ring substituents is 1. The Labute approximate surface area is 143 Å². The van der Waals surface area contributed by atoms with Crippen molar-refractivity contribution in [3.8, 4) is 11.3 Å². The van der Waals surface area contributed by atoms with Crippen LogP contribution < -0.4 is 0 Å². The van der Waals surface area contributed by atoms with Gasteiger partial charge in [-0.3, -0.25) is 19.8 Å². The number of aliphatic carboxylic acids is 1. The van der Waals surface area contributed by atoms with E-state index < -0.39 is 10.9 Å². The van der Waals surface area contributed by atoms with Crippen molar-refractivity contribution in [2.24, 2.45) is 0 Å². The normalized spacial score (nSPS) is 11.2. The molecule has 1 aromatic carbocycles. The lowest BCUT2D eigenvalue weighted by Gasteiger charge is -2.23. The summed E-state index contributed by atoms with van der Waals surface area (Å²) < 4.78 is 5.72. The maximum absolute atomic E-state index is 10.9. The molecule has 1 aromatic heterocycles.